The SMILES string of the molecule is CC1(NC(=O)O[C@@H]2CN3CCC2CC3)CCOc2cc(-c3cccc(C(F)(F)F)c3)ccc21. The minimum Gasteiger partial charge on any atom is -0.493 e. The number of benzene rings is 2. The third-order valence-corrected chi connectivity index (χ3v) is 7.19. The Balaban J connectivity index is 1.34. The number of rotatable bonds is 3. The molecule has 33 heavy (non-hydrogen) atoms. The van der Waals surface area contributed by atoms with Crippen molar-refractivity contribution in [3.63, 3.8) is 0 Å². The Morgan fingerprint density at radius 2 is 1.91 bits per heavy atom. The molecule has 8 heteroatoms. The molecule has 3 fully saturated rings. The van der Waals surface area contributed by atoms with Crippen LogP contribution in [-0.2, 0) is 16.5 Å². The van der Waals surface area contributed by atoms with Crippen LogP contribution < -0.4 is 10.1 Å². The van der Waals surface area contributed by atoms with Gasteiger partial charge in [-0.3, -0.25) is 4.90 Å². The lowest BCUT2D eigenvalue weighted by molar-refractivity contribution is -0.137. The van der Waals surface area contributed by atoms with Gasteiger partial charge in [-0.15, -0.1) is 0 Å². The molecule has 0 radical (unpaired) electrons. The largest absolute Gasteiger partial charge is 0.493 e. The van der Waals surface area contributed by atoms with Gasteiger partial charge in [0, 0.05) is 18.5 Å². The first kappa shape index (κ1) is 22.1. The van der Waals surface area contributed by atoms with Gasteiger partial charge in [0.1, 0.15) is 11.9 Å². The van der Waals surface area contributed by atoms with E-state index in [1.165, 1.54) is 6.07 Å². The van der Waals surface area contributed by atoms with Crippen LogP contribution in [0.4, 0.5) is 18.0 Å². The number of amides is 1. The topological polar surface area (TPSA) is 50.8 Å². The lowest BCUT2D eigenvalue weighted by Crippen LogP contribution is -2.54. The summed E-state index contributed by atoms with van der Waals surface area (Å²) in [5.41, 5.74) is 0.485. The normalized spacial score (nSPS) is 28.5. The van der Waals surface area contributed by atoms with Gasteiger partial charge in [-0.25, -0.2) is 4.79 Å². The number of hydrogen-bond donors (Lipinski definition) is 1. The Hall–Kier alpha value is -2.74. The van der Waals surface area contributed by atoms with Gasteiger partial charge in [0.15, 0.2) is 0 Å². The van der Waals surface area contributed by atoms with E-state index in [2.05, 4.69) is 10.2 Å². The number of carbonyl (C=O) groups is 1. The van der Waals surface area contributed by atoms with Crippen molar-refractivity contribution in [2.24, 2.45) is 5.92 Å². The maximum absolute atomic E-state index is 13.1. The van der Waals surface area contributed by atoms with Crippen LogP contribution in [0.2, 0.25) is 0 Å². The van der Waals surface area contributed by atoms with Crippen LogP contribution in [-0.4, -0.2) is 43.3 Å². The van der Waals surface area contributed by atoms with Crippen LogP contribution in [0.25, 0.3) is 11.1 Å². The van der Waals surface area contributed by atoms with Crippen molar-refractivity contribution in [3.8, 4) is 16.9 Å². The van der Waals surface area contributed by atoms with E-state index in [4.69, 9.17) is 9.47 Å². The number of hydrogen-bond acceptors (Lipinski definition) is 4. The molecule has 6 rings (SSSR count). The molecule has 1 amide bonds. The van der Waals surface area contributed by atoms with Crippen LogP contribution in [0.1, 0.15) is 37.3 Å². The molecule has 4 aliphatic heterocycles. The molecular formula is C25H27F3N2O3. The molecular weight excluding hydrogens is 433 g/mol. The van der Waals surface area contributed by atoms with E-state index in [1.54, 1.807) is 18.2 Å². The van der Waals surface area contributed by atoms with Gasteiger partial charge >= 0.3 is 12.3 Å². The number of alkyl carbamates (subject to hydrolysis) is 1. The summed E-state index contributed by atoms with van der Waals surface area (Å²) in [5, 5.41) is 3.04. The summed E-state index contributed by atoms with van der Waals surface area (Å²) in [6, 6.07) is 10.5. The Bertz CT molecular complexity index is 1050. The molecule has 5 nitrogen and oxygen atoms in total. The zero-order chi connectivity index (χ0) is 23.2. The summed E-state index contributed by atoms with van der Waals surface area (Å²) in [4.78, 5) is 15.1. The van der Waals surface area contributed by atoms with Gasteiger partial charge in [-0.05, 0) is 68.1 Å². The van der Waals surface area contributed by atoms with E-state index in [1.807, 2.05) is 13.0 Å². The van der Waals surface area contributed by atoms with Gasteiger partial charge in [0.25, 0.3) is 0 Å². The summed E-state index contributed by atoms with van der Waals surface area (Å²) in [6.45, 7) is 5.24. The van der Waals surface area contributed by atoms with Crippen LogP contribution in [0.5, 0.6) is 5.75 Å². The average molecular weight is 460 g/mol. The van der Waals surface area contributed by atoms with Gasteiger partial charge in [0.2, 0.25) is 0 Å². The summed E-state index contributed by atoms with van der Waals surface area (Å²) < 4.78 is 51.0. The van der Waals surface area contributed by atoms with Gasteiger partial charge in [-0.1, -0.05) is 24.3 Å². The van der Waals surface area contributed by atoms with Crippen molar-refractivity contribution in [1.82, 2.24) is 10.2 Å². The summed E-state index contributed by atoms with van der Waals surface area (Å²) in [7, 11) is 0. The molecule has 0 aliphatic carbocycles. The Labute approximate surface area is 190 Å². The highest BCUT2D eigenvalue weighted by atomic mass is 19.4. The van der Waals surface area contributed by atoms with Crippen LogP contribution in [0.15, 0.2) is 42.5 Å². The smallest absolute Gasteiger partial charge is 0.416 e. The molecule has 4 heterocycles. The molecule has 176 valence electrons. The molecule has 2 atom stereocenters. The Morgan fingerprint density at radius 3 is 2.61 bits per heavy atom. The van der Waals surface area contributed by atoms with E-state index in [9.17, 15) is 18.0 Å². The molecule has 3 saturated heterocycles. The van der Waals surface area contributed by atoms with E-state index in [0.29, 0.717) is 35.8 Å². The zero-order valence-corrected chi connectivity index (χ0v) is 18.5. The monoisotopic (exact) mass is 460 g/mol. The summed E-state index contributed by atoms with van der Waals surface area (Å²) >= 11 is 0. The van der Waals surface area contributed by atoms with E-state index >= 15 is 0 Å². The van der Waals surface area contributed by atoms with Crippen molar-refractivity contribution >= 4 is 6.09 Å². The highest BCUT2D eigenvalue weighted by molar-refractivity contribution is 5.71. The standard InChI is InChI=1S/C25H27F3N2O3/c1-24(29-23(31)33-22-15-30-10-7-16(22)8-11-30)9-12-32-21-14-18(5-6-20(21)24)17-3-2-4-19(13-17)25(26,27)28/h2-6,13-14,16,22H,7-12,15H2,1H3,(H,29,31)/t22-,24?/m1/s1. The summed E-state index contributed by atoms with van der Waals surface area (Å²) in [5.74, 6) is 0.979. The first-order valence-corrected chi connectivity index (χ1v) is 11.4. The Morgan fingerprint density at radius 1 is 1.15 bits per heavy atom. The van der Waals surface area contributed by atoms with Crippen molar-refractivity contribution < 1.29 is 27.4 Å². The fraction of sp³-hybridized carbons (Fsp3) is 0.480. The molecule has 0 spiro atoms. The van der Waals surface area contributed by atoms with Crippen LogP contribution in [0.3, 0.4) is 0 Å². The van der Waals surface area contributed by atoms with Crippen LogP contribution >= 0.6 is 0 Å². The van der Waals surface area contributed by atoms with Crippen LogP contribution in [0, 0.1) is 5.92 Å². The maximum atomic E-state index is 13.1. The number of ether oxygens (including phenoxy) is 2. The van der Waals surface area contributed by atoms with Gasteiger partial charge in [-0.2, -0.15) is 13.2 Å². The molecule has 2 aromatic rings. The quantitative estimate of drug-likeness (QED) is 0.685. The number of piperidine rings is 3. The average Bonchev–Trinajstić information content (AvgIpc) is 2.79. The van der Waals surface area contributed by atoms with E-state index in [-0.39, 0.29) is 6.10 Å². The number of nitrogens with one attached hydrogen (secondary N) is 1. The van der Waals surface area contributed by atoms with E-state index < -0.39 is 23.4 Å². The first-order valence-electron chi connectivity index (χ1n) is 11.4. The minimum absolute atomic E-state index is 0.0845. The second-order valence-corrected chi connectivity index (χ2v) is 9.43. The second kappa shape index (κ2) is 8.24. The zero-order valence-electron chi connectivity index (χ0n) is 18.5. The number of nitrogens with zero attached hydrogens (tertiary/aromatic N) is 1. The molecule has 0 saturated carbocycles. The molecule has 1 N–H and O–H groups in total. The Kier molecular flexibility index (Phi) is 5.51. The fourth-order valence-corrected chi connectivity index (χ4v) is 5.22. The number of carbonyl (C=O) groups excluding carboxylic acids is 1. The molecule has 2 aromatic carbocycles. The third kappa shape index (κ3) is 4.40. The highest BCUT2D eigenvalue weighted by Gasteiger charge is 2.39. The summed E-state index contributed by atoms with van der Waals surface area (Å²) in [6.07, 6.45) is -2.24. The van der Waals surface area contributed by atoms with Crippen molar-refractivity contribution in [2.45, 2.75) is 44.0 Å². The third-order valence-electron chi connectivity index (χ3n) is 7.19. The van der Waals surface area contributed by atoms with Crippen molar-refractivity contribution in [2.75, 3.05) is 26.2 Å². The van der Waals surface area contributed by atoms with Crippen molar-refractivity contribution in [1.29, 1.82) is 0 Å². The second-order valence-electron chi connectivity index (χ2n) is 9.43. The maximum Gasteiger partial charge on any atom is 0.416 e. The first-order chi connectivity index (χ1) is 15.7. The van der Waals surface area contributed by atoms with Gasteiger partial charge in [0.05, 0.1) is 17.7 Å². The predicted octanol–water partition coefficient (Wildman–Crippen LogP) is 5.19. The number of alkyl halides is 3. The predicted molar refractivity (Wildman–Crippen MR) is 117 cm³/mol. The van der Waals surface area contributed by atoms with E-state index in [0.717, 1.165) is 50.2 Å². The highest BCUT2D eigenvalue weighted by Crippen LogP contribution is 2.40. The molecule has 1 unspecified atom stereocenters. The minimum atomic E-state index is -4.40. The molecule has 4 aliphatic rings. The number of fused-ring (bicyclic) bond motifs is 4. The lowest BCUT2D eigenvalue weighted by atomic mass is 9.85. The fourth-order valence-electron chi connectivity index (χ4n) is 5.22. The number of halogens is 3. The van der Waals surface area contributed by atoms with Gasteiger partial charge < -0.3 is 14.8 Å². The molecule has 0 aromatic heterocycles. The lowest BCUT2D eigenvalue weighted by Gasteiger charge is -2.44. The molecule has 2 bridgehead atoms. The van der Waals surface area contributed by atoms with Crippen molar-refractivity contribution in [3.05, 3.63) is 53.6 Å².